The zero-order valence-electron chi connectivity index (χ0n) is 21.4. The lowest BCUT2D eigenvalue weighted by molar-refractivity contribution is 0.669. The zero-order chi connectivity index (χ0) is 26.6. The quantitative estimate of drug-likeness (QED) is 0.237. The second-order valence-electron chi connectivity index (χ2n) is 10.0. The lowest BCUT2D eigenvalue weighted by Crippen LogP contribution is -1.94. The summed E-state index contributed by atoms with van der Waals surface area (Å²) in [4.78, 5) is 4.24. The molecule has 0 saturated carbocycles. The Labute approximate surface area is 230 Å². The lowest BCUT2D eigenvalue weighted by Gasteiger charge is -2.11. The maximum absolute atomic E-state index is 9.31. The van der Waals surface area contributed by atoms with Gasteiger partial charge in [0.1, 0.15) is 17.2 Å². The van der Waals surface area contributed by atoms with Crippen LogP contribution in [0.4, 0.5) is 0 Å². The van der Waals surface area contributed by atoms with Crippen LogP contribution >= 0.6 is 0 Å². The summed E-state index contributed by atoms with van der Waals surface area (Å²) >= 11 is 0. The van der Waals surface area contributed by atoms with Crippen LogP contribution in [0.3, 0.4) is 0 Å². The molecule has 0 bridgehead atoms. The third-order valence-electron chi connectivity index (χ3n) is 7.67. The number of furan rings is 1. The van der Waals surface area contributed by atoms with Crippen LogP contribution in [0.5, 0.6) is 0 Å². The van der Waals surface area contributed by atoms with E-state index in [0.29, 0.717) is 5.56 Å². The predicted molar refractivity (Wildman–Crippen MR) is 161 cm³/mol. The first-order chi connectivity index (χ1) is 19.8. The van der Waals surface area contributed by atoms with Crippen molar-refractivity contribution in [1.29, 1.82) is 5.26 Å². The minimum atomic E-state index is 0.552. The number of aromatic nitrogens is 2. The molecule has 5 aromatic carbocycles. The molecule has 4 heteroatoms. The molecule has 0 fully saturated rings. The lowest BCUT2D eigenvalue weighted by atomic mass is 9.99. The van der Waals surface area contributed by atoms with E-state index in [-0.39, 0.29) is 0 Å². The molecule has 0 aliphatic rings. The average Bonchev–Trinajstić information content (AvgIpc) is 3.55. The fourth-order valence-electron chi connectivity index (χ4n) is 5.83. The highest BCUT2D eigenvalue weighted by Gasteiger charge is 2.16. The second-order valence-corrected chi connectivity index (χ2v) is 10.0. The van der Waals surface area contributed by atoms with E-state index in [1.54, 1.807) is 12.4 Å². The smallest absolute Gasteiger partial charge is 0.136 e. The van der Waals surface area contributed by atoms with Crippen LogP contribution in [0.1, 0.15) is 5.56 Å². The van der Waals surface area contributed by atoms with Gasteiger partial charge in [-0.3, -0.25) is 4.98 Å². The summed E-state index contributed by atoms with van der Waals surface area (Å²) in [5, 5.41) is 13.9. The molecule has 0 radical (unpaired) electrons. The molecule has 0 aliphatic heterocycles. The Kier molecular flexibility index (Phi) is 4.85. The number of fused-ring (bicyclic) bond motifs is 6. The molecule has 0 spiro atoms. The normalized spacial score (nSPS) is 11.5. The van der Waals surface area contributed by atoms with Gasteiger partial charge in [-0.25, -0.2) is 0 Å². The van der Waals surface area contributed by atoms with Crippen LogP contribution in [0.2, 0.25) is 0 Å². The standard InChI is InChI=1S/C36H21N3O/c37-20-23-15-27(22-38-21-23)25-8-5-7-24(16-25)26-9-6-10-28(17-26)39-33-13-3-1-11-29(33)31-19-36-32(18-34(31)39)30-12-2-4-14-35(30)40-36/h1-19,21-22H. The molecular formula is C36H21N3O. The van der Waals surface area contributed by atoms with Crippen molar-refractivity contribution in [2.75, 3.05) is 0 Å². The highest BCUT2D eigenvalue weighted by atomic mass is 16.3. The van der Waals surface area contributed by atoms with E-state index in [9.17, 15) is 5.26 Å². The highest BCUT2D eigenvalue weighted by Crippen LogP contribution is 2.38. The van der Waals surface area contributed by atoms with Crippen molar-refractivity contribution < 1.29 is 4.42 Å². The third kappa shape index (κ3) is 3.42. The summed E-state index contributed by atoms with van der Waals surface area (Å²) in [6, 6.07) is 42.3. The van der Waals surface area contributed by atoms with Gasteiger partial charge in [0, 0.05) is 45.2 Å². The largest absolute Gasteiger partial charge is 0.456 e. The number of rotatable bonds is 3. The van der Waals surface area contributed by atoms with Crippen molar-refractivity contribution in [3.63, 3.8) is 0 Å². The molecule has 0 atom stereocenters. The van der Waals surface area contributed by atoms with Gasteiger partial charge in [-0.1, -0.05) is 66.7 Å². The Balaban J connectivity index is 1.33. The predicted octanol–water partition coefficient (Wildman–Crippen LogP) is 9.28. The van der Waals surface area contributed by atoms with Crippen LogP contribution in [0.25, 0.3) is 71.7 Å². The van der Waals surface area contributed by atoms with E-state index < -0.39 is 0 Å². The fraction of sp³-hybridized carbons (Fsp3) is 0. The van der Waals surface area contributed by atoms with E-state index in [4.69, 9.17) is 4.42 Å². The zero-order valence-corrected chi connectivity index (χ0v) is 21.4. The summed E-state index contributed by atoms with van der Waals surface area (Å²) in [6.45, 7) is 0. The summed E-state index contributed by atoms with van der Waals surface area (Å²) < 4.78 is 8.58. The maximum atomic E-state index is 9.31. The SMILES string of the molecule is N#Cc1cncc(-c2cccc(-c3cccc(-n4c5ccccc5c5cc6oc7ccccc7c6cc54)c3)c2)c1. The van der Waals surface area contributed by atoms with E-state index in [0.717, 1.165) is 60.9 Å². The van der Waals surface area contributed by atoms with E-state index in [1.807, 2.05) is 18.2 Å². The molecule has 186 valence electrons. The monoisotopic (exact) mass is 511 g/mol. The van der Waals surface area contributed by atoms with Gasteiger partial charge in [0.25, 0.3) is 0 Å². The number of nitrogens with zero attached hydrogens (tertiary/aromatic N) is 3. The topological polar surface area (TPSA) is 54.8 Å². The van der Waals surface area contributed by atoms with Crippen LogP contribution in [0.15, 0.2) is 132 Å². The molecule has 3 heterocycles. The molecular weight excluding hydrogens is 490 g/mol. The van der Waals surface area contributed by atoms with Crippen molar-refractivity contribution in [3.8, 4) is 34.0 Å². The number of benzene rings is 5. The van der Waals surface area contributed by atoms with E-state index in [1.165, 1.54) is 10.8 Å². The Morgan fingerprint density at radius 1 is 0.550 bits per heavy atom. The second kappa shape index (κ2) is 8.69. The summed E-state index contributed by atoms with van der Waals surface area (Å²) in [6.07, 6.45) is 3.39. The summed E-state index contributed by atoms with van der Waals surface area (Å²) in [5.41, 5.74) is 9.91. The number of para-hydroxylation sites is 2. The Morgan fingerprint density at radius 2 is 1.30 bits per heavy atom. The van der Waals surface area contributed by atoms with Gasteiger partial charge in [0.15, 0.2) is 0 Å². The van der Waals surface area contributed by atoms with Crippen molar-refractivity contribution in [1.82, 2.24) is 9.55 Å². The molecule has 0 amide bonds. The Hall–Kier alpha value is -5.66. The molecule has 8 aromatic rings. The molecule has 3 aromatic heterocycles. The molecule has 4 nitrogen and oxygen atoms in total. The van der Waals surface area contributed by atoms with Crippen LogP contribution in [0, 0.1) is 11.3 Å². The molecule has 0 aliphatic carbocycles. The number of nitriles is 1. The van der Waals surface area contributed by atoms with Crippen molar-refractivity contribution >= 4 is 43.7 Å². The van der Waals surface area contributed by atoms with Crippen LogP contribution in [-0.4, -0.2) is 9.55 Å². The molecule has 0 saturated heterocycles. The van der Waals surface area contributed by atoms with Crippen molar-refractivity contribution in [3.05, 3.63) is 133 Å². The van der Waals surface area contributed by atoms with Crippen LogP contribution in [-0.2, 0) is 0 Å². The highest BCUT2D eigenvalue weighted by molar-refractivity contribution is 6.17. The first kappa shape index (κ1) is 22.3. The van der Waals surface area contributed by atoms with E-state index in [2.05, 4.69) is 113 Å². The Morgan fingerprint density at radius 3 is 2.17 bits per heavy atom. The molecule has 40 heavy (non-hydrogen) atoms. The maximum Gasteiger partial charge on any atom is 0.136 e. The third-order valence-corrected chi connectivity index (χ3v) is 7.67. The first-order valence-corrected chi connectivity index (χ1v) is 13.2. The van der Waals surface area contributed by atoms with Gasteiger partial charge in [-0.05, 0) is 65.2 Å². The van der Waals surface area contributed by atoms with Crippen LogP contribution < -0.4 is 0 Å². The average molecular weight is 512 g/mol. The Bertz CT molecular complexity index is 2300. The van der Waals surface area contributed by atoms with Crippen molar-refractivity contribution in [2.45, 2.75) is 0 Å². The summed E-state index contributed by atoms with van der Waals surface area (Å²) in [5.74, 6) is 0. The van der Waals surface area contributed by atoms with E-state index >= 15 is 0 Å². The first-order valence-electron chi connectivity index (χ1n) is 13.2. The molecule has 0 N–H and O–H groups in total. The number of hydrogen-bond acceptors (Lipinski definition) is 3. The van der Waals surface area contributed by atoms with Gasteiger partial charge in [0.05, 0.1) is 16.6 Å². The van der Waals surface area contributed by atoms with Gasteiger partial charge in [-0.2, -0.15) is 5.26 Å². The molecule has 8 rings (SSSR count). The van der Waals surface area contributed by atoms with Gasteiger partial charge >= 0.3 is 0 Å². The van der Waals surface area contributed by atoms with Gasteiger partial charge < -0.3 is 8.98 Å². The number of hydrogen-bond donors (Lipinski definition) is 0. The number of pyridine rings is 1. The van der Waals surface area contributed by atoms with Gasteiger partial charge in [-0.15, -0.1) is 0 Å². The van der Waals surface area contributed by atoms with Gasteiger partial charge in [0.2, 0.25) is 0 Å². The fourth-order valence-corrected chi connectivity index (χ4v) is 5.83. The minimum absolute atomic E-state index is 0.552. The summed E-state index contributed by atoms with van der Waals surface area (Å²) in [7, 11) is 0. The van der Waals surface area contributed by atoms with Crippen molar-refractivity contribution in [2.24, 2.45) is 0 Å². The minimum Gasteiger partial charge on any atom is -0.456 e. The molecule has 0 unspecified atom stereocenters.